The van der Waals surface area contributed by atoms with Crippen LogP contribution < -0.4 is 10.4 Å². The van der Waals surface area contributed by atoms with Gasteiger partial charge in [-0.1, -0.05) is 36.4 Å². The smallest absolute Gasteiger partial charge is 0.175 e. The first-order chi connectivity index (χ1) is 11.3. The molecule has 0 amide bonds. The van der Waals surface area contributed by atoms with Gasteiger partial charge in [0.15, 0.2) is 0 Å². The van der Waals surface area contributed by atoms with E-state index in [0.29, 0.717) is 22.3 Å². The van der Waals surface area contributed by atoms with Gasteiger partial charge in [0, 0.05) is 0 Å². The highest BCUT2D eigenvalue weighted by molar-refractivity contribution is 7.05. The summed E-state index contributed by atoms with van der Waals surface area (Å²) in [5, 5.41) is -1.36. The summed E-state index contributed by atoms with van der Waals surface area (Å²) in [6.45, 7) is 6.34. The summed E-state index contributed by atoms with van der Waals surface area (Å²) in [4.78, 5) is 0. The molecule has 2 aromatic rings. The maximum Gasteiger partial charge on any atom is 0.381 e. The maximum absolute atomic E-state index is 14.0. The third-order valence-corrected chi connectivity index (χ3v) is 8.79. The Labute approximate surface area is 143 Å². The van der Waals surface area contributed by atoms with Crippen molar-refractivity contribution in [1.29, 1.82) is 0 Å². The number of hydrogen-bond donors (Lipinski definition) is 0. The maximum atomic E-state index is 14.0. The fraction of sp³-hybridized carbons (Fsp3) is 0.333. The Morgan fingerprint density at radius 2 is 0.880 bits per heavy atom. The van der Waals surface area contributed by atoms with Gasteiger partial charge in [0.1, 0.15) is 0 Å². The summed E-state index contributed by atoms with van der Waals surface area (Å²) in [7, 11) is -6.06. The van der Waals surface area contributed by atoms with E-state index in [4.69, 9.17) is 0 Å². The fourth-order valence-electron chi connectivity index (χ4n) is 2.93. The third-order valence-electron chi connectivity index (χ3n) is 4.73. The van der Waals surface area contributed by atoms with Crippen molar-refractivity contribution in [2.45, 2.75) is 39.3 Å². The van der Waals surface area contributed by atoms with Gasteiger partial charge in [0.05, 0.1) is 0 Å². The summed E-state index contributed by atoms with van der Waals surface area (Å²) < 4.78 is 84.3. The van der Waals surface area contributed by atoms with Crippen LogP contribution >= 0.6 is 0 Å². The average Bonchev–Trinajstić information content (AvgIpc) is 2.44. The van der Waals surface area contributed by atoms with Crippen LogP contribution in [-0.2, 0) is 0 Å². The molecule has 0 aliphatic heterocycles. The van der Waals surface area contributed by atoms with Gasteiger partial charge in [0.25, 0.3) is 0 Å². The Morgan fingerprint density at radius 1 is 0.560 bits per heavy atom. The van der Waals surface area contributed by atoms with Crippen molar-refractivity contribution in [3.8, 4) is 0 Å². The summed E-state index contributed by atoms with van der Waals surface area (Å²) in [6.07, 6.45) is 0. The van der Waals surface area contributed by atoms with E-state index in [1.807, 2.05) is 0 Å². The Bertz CT molecular complexity index is 722. The standard InChI is InChI=1S/C18H18F6Si/c1-11-5-7-15(9-13(11)3)25(17(19,20)21,18(22,23)24)16-8-6-12(2)14(4)10-16/h5-10H,1-4H3. The number of benzene rings is 2. The monoisotopic (exact) mass is 376 g/mol. The molecule has 0 bridgehead atoms. The molecule has 0 atom stereocenters. The lowest BCUT2D eigenvalue weighted by Gasteiger charge is -2.36. The van der Waals surface area contributed by atoms with Gasteiger partial charge >= 0.3 is 19.7 Å². The minimum Gasteiger partial charge on any atom is -0.175 e. The van der Waals surface area contributed by atoms with Crippen LogP contribution in [-0.4, -0.2) is 19.7 Å². The predicted octanol–water partition coefficient (Wildman–Crippen LogP) is 4.69. The second kappa shape index (κ2) is 6.19. The van der Waals surface area contributed by atoms with E-state index in [1.54, 1.807) is 13.8 Å². The average molecular weight is 376 g/mol. The van der Waals surface area contributed by atoms with E-state index in [-0.39, 0.29) is 0 Å². The van der Waals surface area contributed by atoms with Crippen LogP contribution in [0.3, 0.4) is 0 Å². The normalized spacial score (nSPS) is 13.2. The molecule has 0 spiro atoms. The molecule has 0 nitrogen and oxygen atoms in total. The number of rotatable bonds is 2. The molecule has 0 saturated heterocycles. The minimum atomic E-state index is -6.06. The van der Waals surface area contributed by atoms with Crippen LogP contribution in [0.25, 0.3) is 0 Å². The number of halogens is 6. The van der Waals surface area contributed by atoms with Gasteiger partial charge in [0.2, 0.25) is 0 Å². The van der Waals surface area contributed by atoms with Crippen molar-refractivity contribution in [3.63, 3.8) is 0 Å². The van der Waals surface area contributed by atoms with Gasteiger partial charge < -0.3 is 0 Å². The van der Waals surface area contributed by atoms with Crippen LogP contribution in [0, 0.1) is 27.7 Å². The minimum absolute atomic E-state index is 0.409. The molecule has 0 radical (unpaired) electrons. The molecule has 0 aliphatic rings. The van der Waals surface area contributed by atoms with Crippen molar-refractivity contribution in [2.24, 2.45) is 0 Å². The number of aryl methyl sites for hydroxylation is 4. The SMILES string of the molecule is Cc1ccc([Si](c2ccc(C)c(C)c2)(C(F)(F)F)C(F)(F)F)cc1C. The van der Waals surface area contributed by atoms with Crippen LogP contribution in [0.5, 0.6) is 0 Å². The third kappa shape index (κ3) is 3.10. The Hall–Kier alpha value is -1.76. The molecule has 0 aromatic heterocycles. The molecular formula is C18H18F6Si. The zero-order valence-corrected chi connectivity index (χ0v) is 15.2. The van der Waals surface area contributed by atoms with Crippen LogP contribution in [0.4, 0.5) is 26.3 Å². The first kappa shape index (κ1) is 19.6. The van der Waals surface area contributed by atoms with Crippen molar-refractivity contribution < 1.29 is 26.3 Å². The molecule has 7 heteroatoms. The van der Waals surface area contributed by atoms with E-state index >= 15 is 0 Å². The van der Waals surface area contributed by atoms with Gasteiger partial charge in [-0.3, -0.25) is 0 Å². The number of alkyl halides is 6. The molecule has 0 N–H and O–H groups in total. The van der Waals surface area contributed by atoms with Crippen LogP contribution in [0.2, 0.25) is 0 Å². The highest BCUT2D eigenvalue weighted by Crippen LogP contribution is 2.41. The van der Waals surface area contributed by atoms with E-state index in [1.165, 1.54) is 26.0 Å². The Kier molecular flexibility index (Phi) is 4.85. The molecular weight excluding hydrogens is 358 g/mol. The Morgan fingerprint density at radius 3 is 1.12 bits per heavy atom. The second-order valence-electron chi connectivity index (χ2n) is 6.34. The molecule has 0 unspecified atom stereocenters. The molecule has 2 aromatic carbocycles. The van der Waals surface area contributed by atoms with E-state index < -0.39 is 30.0 Å². The van der Waals surface area contributed by atoms with E-state index in [0.717, 1.165) is 24.3 Å². The fourth-order valence-corrected chi connectivity index (χ4v) is 6.43. The zero-order valence-electron chi connectivity index (χ0n) is 14.2. The zero-order chi connectivity index (χ0) is 19.2. The summed E-state index contributed by atoms with van der Waals surface area (Å²) in [6, 6.07) is 6.68. The summed E-state index contributed by atoms with van der Waals surface area (Å²) >= 11 is 0. The van der Waals surface area contributed by atoms with Crippen molar-refractivity contribution in [2.75, 3.05) is 0 Å². The van der Waals surface area contributed by atoms with Crippen LogP contribution in [0.1, 0.15) is 22.3 Å². The van der Waals surface area contributed by atoms with E-state index in [2.05, 4.69) is 0 Å². The molecule has 0 heterocycles. The molecule has 0 fully saturated rings. The lowest BCUT2D eigenvalue weighted by atomic mass is 10.1. The van der Waals surface area contributed by atoms with Crippen molar-refractivity contribution in [3.05, 3.63) is 58.7 Å². The molecule has 0 aliphatic carbocycles. The number of hydrogen-bond acceptors (Lipinski definition) is 0. The largest absolute Gasteiger partial charge is 0.381 e. The van der Waals surface area contributed by atoms with Crippen LogP contribution in [0.15, 0.2) is 36.4 Å². The van der Waals surface area contributed by atoms with Crippen molar-refractivity contribution >= 4 is 18.4 Å². The van der Waals surface area contributed by atoms with Gasteiger partial charge in [-0.2, -0.15) is 26.3 Å². The van der Waals surface area contributed by atoms with Gasteiger partial charge in [-0.05, 0) is 60.3 Å². The first-order valence-corrected chi connectivity index (χ1v) is 9.61. The van der Waals surface area contributed by atoms with E-state index in [9.17, 15) is 26.3 Å². The Balaban J connectivity index is 2.96. The summed E-state index contributed by atoms with van der Waals surface area (Å²) in [5.41, 5.74) is 2.12. The predicted molar refractivity (Wildman–Crippen MR) is 89.0 cm³/mol. The van der Waals surface area contributed by atoms with Gasteiger partial charge in [-0.25, -0.2) is 0 Å². The topological polar surface area (TPSA) is 0 Å². The first-order valence-electron chi connectivity index (χ1n) is 7.61. The lowest BCUT2D eigenvalue weighted by Crippen LogP contribution is -2.77. The molecule has 0 saturated carbocycles. The molecule has 2 rings (SSSR count). The quantitative estimate of drug-likeness (QED) is 0.527. The summed E-state index contributed by atoms with van der Waals surface area (Å²) in [5.74, 6) is -10.8. The van der Waals surface area contributed by atoms with Gasteiger partial charge in [-0.15, -0.1) is 0 Å². The highest BCUT2D eigenvalue weighted by atomic mass is 28.3. The molecule has 25 heavy (non-hydrogen) atoms. The molecule has 136 valence electrons. The lowest BCUT2D eigenvalue weighted by molar-refractivity contribution is -0.107. The van der Waals surface area contributed by atoms with Crippen molar-refractivity contribution in [1.82, 2.24) is 0 Å². The highest BCUT2D eigenvalue weighted by Gasteiger charge is 2.76. The second-order valence-corrected chi connectivity index (χ2v) is 10.1.